The third-order valence-electron chi connectivity index (χ3n) is 2.62. The van der Waals surface area contributed by atoms with Gasteiger partial charge in [0.05, 0.1) is 0 Å². The van der Waals surface area contributed by atoms with Crippen molar-refractivity contribution in [1.29, 1.82) is 0 Å². The van der Waals surface area contributed by atoms with Crippen LogP contribution in [-0.2, 0) is 4.79 Å². The number of rotatable bonds is 2. The maximum absolute atomic E-state index is 11.9. The van der Waals surface area contributed by atoms with Crippen LogP contribution >= 0.6 is 11.6 Å². The molecule has 1 fully saturated rings. The van der Waals surface area contributed by atoms with Crippen molar-refractivity contribution in [2.75, 3.05) is 6.54 Å². The standard InChI is InChI=1S/C13H13ClN2O2/c1-8-7-15-11(13(18)16-8)6-12(17)9-2-4-10(14)5-3-9/h2-6,8,15H,7H2,1H3,(H,16,18)/t8-/m1/s1. The molecule has 2 N–H and O–H groups in total. The molecule has 0 unspecified atom stereocenters. The summed E-state index contributed by atoms with van der Waals surface area (Å²) in [6.07, 6.45) is 1.31. The molecule has 1 saturated heterocycles. The molecule has 2 rings (SSSR count). The first-order valence-corrected chi connectivity index (χ1v) is 6.00. The van der Waals surface area contributed by atoms with Crippen LogP contribution in [0.2, 0.25) is 5.02 Å². The van der Waals surface area contributed by atoms with Crippen molar-refractivity contribution >= 4 is 23.3 Å². The van der Waals surface area contributed by atoms with Gasteiger partial charge in [-0.15, -0.1) is 0 Å². The number of hydrogen-bond acceptors (Lipinski definition) is 3. The van der Waals surface area contributed by atoms with E-state index in [1.54, 1.807) is 24.3 Å². The van der Waals surface area contributed by atoms with E-state index in [2.05, 4.69) is 10.6 Å². The van der Waals surface area contributed by atoms with Crippen LogP contribution < -0.4 is 10.6 Å². The molecule has 1 aromatic rings. The number of allylic oxidation sites excluding steroid dienone is 1. The summed E-state index contributed by atoms with van der Waals surface area (Å²) in [5.41, 5.74) is 0.799. The molecule has 94 valence electrons. The largest absolute Gasteiger partial charge is 0.378 e. The van der Waals surface area contributed by atoms with Gasteiger partial charge in [0.1, 0.15) is 5.70 Å². The minimum absolute atomic E-state index is 0.0697. The fraction of sp³-hybridized carbons (Fsp3) is 0.231. The summed E-state index contributed by atoms with van der Waals surface area (Å²) in [7, 11) is 0. The molecule has 5 heteroatoms. The molecule has 0 aromatic heterocycles. The highest BCUT2D eigenvalue weighted by atomic mass is 35.5. The lowest BCUT2D eigenvalue weighted by atomic mass is 10.1. The Kier molecular flexibility index (Phi) is 3.67. The van der Waals surface area contributed by atoms with E-state index in [-0.39, 0.29) is 17.7 Å². The Morgan fingerprint density at radius 3 is 2.67 bits per heavy atom. The number of benzene rings is 1. The maximum atomic E-state index is 11.9. The Hall–Kier alpha value is -1.81. The van der Waals surface area contributed by atoms with E-state index < -0.39 is 0 Å². The Labute approximate surface area is 110 Å². The van der Waals surface area contributed by atoms with E-state index in [1.165, 1.54) is 6.08 Å². The van der Waals surface area contributed by atoms with Gasteiger partial charge in [-0.1, -0.05) is 11.6 Å². The highest BCUT2D eigenvalue weighted by Gasteiger charge is 2.19. The van der Waals surface area contributed by atoms with Crippen molar-refractivity contribution < 1.29 is 9.59 Å². The molecule has 0 aliphatic carbocycles. The number of carbonyl (C=O) groups excluding carboxylic acids is 2. The van der Waals surface area contributed by atoms with Gasteiger partial charge < -0.3 is 10.6 Å². The molecule has 1 aliphatic heterocycles. The number of carbonyl (C=O) groups is 2. The summed E-state index contributed by atoms with van der Waals surface area (Å²) in [4.78, 5) is 23.5. The van der Waals surface area contributed by atoms with Gasteiger partial charge in [0.25, 0.3) is 5.91 Å². The van der Waals surface area contributed by atoms with Gasteiger partial charge in [0.2, 0.25) is 0 Å². The molecule has 0 radical (unpaired) electrons. The molecular formula is C13H13ClN2O2. The Morgan fingerprint density at radius 2 is 2.06 bits per heavy atom. The summed E-state index contributed by atoms with van der Waals surface area (Å²) in [6.45, 7) is 2.51. The number of nitrogens with one attached hydrogen (secondary N) is 2. The summed E-state index contributed by atoms with van der Waals surface area (Å²) >= 11 is 5.74. The number of ketones is 1. The second-order valence-electron chi connectivity index (χ2n) is 4.18. The van der Waals surface area contributed by atoms with E-state index in [1.807, 2.05) is 6.92 Å². The minimum Gasteiger partial charge on any atom is -0.378 e. The van der Waals surface area contributed by atoms with Gasteiger partial charge in [0.15, 0.2) is 5.78 Å². The third-order valence-corrected chi connectivity index (χ3v) is 2.88. The highest BCUT2D eigenvalue weighted by Crippen LogP contribution is 2.11. The highest BCUT2D eigenvalue weighted by molar-refractivity contribution is 6.30. The zero-order chi connectivity index (χ0) is 13.1. The maximum Gasteiger partial charge on any atom is 0.267 e. The van der Waals surface area contributed by atoms with Crippen molar-refractivity contribution in [3.05, 3.63) is 46.6 Å². The van der Waals surface area contributed by atoms with Crippen LogP contribution in [0.4, 0.5) is 0 Å². The van der Waals surface area contributed by atoms with E-state index in [0.29, 0.717) is 22.8 Å². The van der Waals surface area contributed by atoms with Crippen molar-refractivity contribution in [2.45, 2.75) is 13.0 Å². The van der Waals surface area contributed by atoms with Crippen LogP contribution in [-0.4, -0.2) is 24.3 Å². The smallest absolute Gasteiger partial charge is 0.267 e. The van der Waals surface area contributed by atoms with Crippen molar-refractivity contribution in [1.82, 2.24) is 10.6 Å². The van der Waals surface area contributed by atoms with Crippen LogP contribution in [0.1, 0.15) is 17.3 Å². The van der Waals surface area contributed by atoms with E-state index in [9.17, 15) is 9.59 Å². The Balaban J connectivity index is 2.15. The van der Waals surface area contributed by atoms with E-state index in [4.69, 9.17) is 11.6 Å². The molecule has 1 amide bonds. The molecule has 1 atom stereocenters. The number of amides is 1. The molecular weight excluding hydrogens is 252 g/mol. The molecule has 1 heterocycles. The molecule has 0 spiro atoms. The van der Waals surface area contributed by atoms with E-state index in [0.717, 1.165) is 0 Å². The fourth-order valence-corrected chi connectivity index (χ4v) is 1.77. The van der Waals surface area contributed by atoms with Crippen molar-refractivity contribution in [3.63, 3.8) is 0 Å². The first kappa shape index (κ1) is 12.6. The van der Waals surface area contributed by atoms with Gasteiger partial charge in [0, 0.05) is 29.2 Å². The average Bonchev–Trinajstić information content (AvgIpc) is 2.33. The van der Waals surface area contributed by atoms with Gasteiger partial charge in [-0.25, -0.2) is 0 Å². The van der Waals surface area contributed by atoms with Gasteiger partial charge in [-0.05, 0) is 31.2 Å². The summed E-state index contributed by atoms with van der Waals surface area (Å²) in [5.74, 6) is -0.477. The van der Waals surface area contributed by atoms with Crippen LogP contribution in [0.3, 0.4) is 0 Å². The predicted molar refractivity (Wildman–Crippen MR) is 69.5 cm³/mol. The molecule has 0 bridgehead atoms. The average molecular weight is 265 g/mol. The van der Waals surface area contributed by atoms with Gasteiger partial charge in [-0.2, -0.15) is 0 Å². The summed E-state index contributed by atoms with van der Waals surface area (Å²) in [6, 6.07) is 6.61. The number of piperazine rings is 1. The van der Waals surface area contributed by atoms with Crippen LogP contribution in [0.15, 0.2) is 36.0 Å². The molecule has 0 saturated carbocycles. The summed E-state index contributed by atoms with van der Waals surface area (Å²) in [5, 5.41) is 6.26. The number of hydrogen-bond donors (Lipinski definition) is 2. The second kappa shape index (κ2) is 5.23. The lowest BCUT2D eigenvalue weighted by Gasteiger charge is -2.23. The normalized spacial score (nSPS) is 21.3. The van der Waals surface area contributed by atoms with Crippen molar-refractivity contribution in [3.8, 4) is 0 Å². The Bertz CT molecular complexity index is 508. The van der Waals surface area contributed by atoms with Crippen LogP contribution in [0.25, 0.3) is 0 Å². The molecule has 1 aliphatic rings. The van der Waals surface area contributed by atoms with Gasteiger partial charge >= 0.3 is 0 Å². The lowest BCUT2D eigenvalue weighted by molar-refractivity contribution is -0.119. The number of halogens is 1. The fourth-order valence-electron chi connectivity index (χ4n) is 1.64. The monoisotopic (exact) mass is 264 g/mol. The lowest BCUT2D eigenvalue weighted by Crippen LogP contribution is -2.49. The van der Waals surface area contributed by atoms with Crippen LogP contribution in [0, 0.1) is 0 Å². The predicted octanol–water partition coefficient (Wildman–Crippen LogP) is 1.51. The van der Waals surface area contributed by atoms with Crippen LogP contribution in [0.5, 0.6) is 0 Å². The van der Waals surface area contributed by atoms with Crippen molar-refractivity contribution in [2.24, 2.45) is 0 Å². The summed E-state index contributed by atoms with van der Waals surface area (Å²) < 4.78 is 0. The zero-order valence-electron chi connectivity index (χ0n) is 9.87. The SMILES string of the molecule is C[C@@H]1CNC(=CC(=O)c2ccc(Cl)cc2)C(=O)N1. The van der Waals surface area contributed by atoms with E-state index >= 15 is 0 Å². The molecule has 1 aromatic carbocycles. The first-order valence-electron chi connectivity index (χ1n) is 5.62. The minimum atomic E-state index is -0.254. The third kappa shape index (κ3) is 2.90. The molecule has 4 nitrogen and oxygen atoms in total. The zero-order valence-corrected chi connectivity index (χ0v) is 10.6. The molecule has 18 heavy (non-hydrogen) atoms. The topological polar surface area (TPSA) is 58.2 Å². The second-order valence-corrected chi connectivity index (χ2v) is 4.62. The quantitative estimate of drug-likeness (QED) is 0.629. The van der Waals surface area contributed by atoms with Gasteiger partial charge in [-0.3, -0.25) is 9.59 Å². The Morgan fingerprint density at radius 1 is 1.39 bits per heavy atom. The first-order chi connectivity index (χ1) is 8.56.